The minimum atomic E-state index is -1.11. The zero-order valence-corrected chi connectivity index (χ0v) is 12.1. The van der Waals surface area contributed by atoms with E-state index < -0.39 is 42.7 Å². The minimum absolute atomic E-state index is 0.0691. The molecule has 10 nitrogen and oxygen atoms in total. The summed E-state index contributed by atoms with van der Waals surface area (Å²) in [4.78, 5) is 37.4. The quantitative estimate of drug-likeness (QED) is 0.551. The van der Waals surface area contributed by atoms with Crippen molar-refractivity contribution in [3.8, 4) is 0 Å². The van der Waals surface area contributed by atoms with Crippen LogP contribution < -0.4 is 11.4 Å². The van der Waals surface area contributed by atoms with Crippen LogP contribution in [0.1, 0.15) is 25.5 Å². The molecule has 1 fully saturated rings. The van der Waals surface area contributed by atoms with E-state index in [-0.39, 0.29) is 25.1 Å². The van der Waals surface area contributed by atoms with Gasteiger partial charge < -0.3 is 25.4 Å². The molecule has 0 unspecified atom stereocenters. The Kier molecular flexibility index (Phi) is 5.29. The van der Waals surface area contributed by atoms with Crippen LogP contribution in [0, 0.1) is 0 Å². The fraction of sp³-hybridized carbons (Fsp3) is 0.538. The molecule has 1 aliphatic heterocycles. The first-order valence-corrected chi connectivity index (χ1v) is 6.93. The van der Waals surface area contributed by atoms with E-state index in [4.69, 9.17) is 20.3 Å². The summed E-state index contributed by atoms with van der Waals surface area (Å²) in [5.41, 5.74) is 4.79. The molecule has 0 radical (unpaired) electrons. The molecule has 126 valence electrons. The Balaban J connectivity index is 2.03. The molecule has 0 amide bonds. The van der Waals surface area contributed by atoms with Crippen molar-refractivity contribution in [1.29, 1.82) is 0 Å². The number of nitrogens with two attached hydrogens (primary N) is 1. The number of aliphatic hydroxyl groups excluding tert-OH is 1. The van der Waals surface area contributed by atoms with Crippen LogP contribution in [0.4, 0.5) is 5.82 Å². The van der Waals surface area contributed by atoms with Gasteiger partial charge in [0.2, 0.25) is 0 Å². The lowest BCUT2D eigenvalue weighted by atomic mass is 10.2. The van der Waals surface area contributed by atoms with E-state index in [0.717, 1.165) is 0 Å². The number of carbonyl (C=O) groups is 2. The third kappa shape index (κ3) is 4.27. The first-order valence-electron chi connectivity index (χ1n) is 6.93. The second-order valence-electron chi connectivity index (χ2n) is 5.01. The standard InChI is InChI=1S/C13H17N3O7/c14-9-3-4-16(13(21)15-9)10-5-7(8(6-17)22-10)23-12(20)2-1-11(18)19/h3-4,7-8,10,17H,1-2,5-6H2,(H,18,19)(H2,14,15,21)/t7-,8+,10+/m0/s1. The summed E-state index contributed by atoms with van der Waals surface area (Å²) >= 11 is 0. The van der Waals surface area contributed by atoms with Gasteiger partial charge in [0, 0.05) is 12.6 Å². The Labute approximate surface area is 130 Å². The van der Waals surface area contributed by atoms with Gasteiger partial charge >= 0.3 is 17.6 Å². The topological polar surface area (TPSA) is 154 Å². The monoisotopic (exact) mass is 327 g/mol. The second-order valence-corrected chi connectivity index (χ2v) is 5.01. The summed E-state index contributed by atoms with van der Waals surface area (Å²) < 4.78 is 11.8. The molecule has 0 aliphatic carbocycles. The molecule has 1 saturated heterocycles. The molecule has 0 spiro atoms. The summed E-state index contributed by atoms with van der Waals surface area (Å²) in [6.07, 6.45) is -1.44. The third-order valence-electron chi connectivity index (χ3n) is 3.35. The highest BCUT2D eigenvalue weighted by Gasteiger charge is 2.38. The molecule has 1 aliphatic rings. The summed E-state index contributed by atoms with van der Waals surface area (Å²) in [7, 11) is 0. The zero-order chi connectivity index (χ0) is 17.0. The molecule has 2 rings (SSSR count). The molecular weight excluding hydrogens is 310 g/mol. The normalized spacial score (nSPS) is 23.6. The van der Waals surface area contributed by atoms with Gasteiger partial charge in [-0.15, -0.1) is 0 Å². The van der Waals surface area contributed by atoms with Crippen molar-refractivity contribution < 1.29 is 29.3 Å². The van der Waals surface area contributed by atoms with Gasteiger partial charge in [0.05, 0.1) is 19.4 Å². The number of hydrogen-bond donors (Lipinski definition) is 3. The van der Waals surface area contributed by atoms with Gasteiger partial charge in [0.25, 0.3) is 0 Å². The van der Waals surface area contributed by atoms with E-state index in [9.17, 15) is 19.5 Å². The van der Waals surface area contributed by atoms with E-state index in [1.165, 1.54) is 16.8 Å². The number of aromatic nitrogens is 2. The van der Waals surface area contributed by atoms with Gasteiger partial charge in [-0.05, 0) is 6.07 Å². The lowest BCUT2D eigenvalue weighted by Gasteiger charge is -2.16. The smallest absolute Gasteiger partial charge is 0.351 e. The van der Waals surface area contributed by atoms with Crippen molar-refractivity contribution in [2.45, 2.75) is 37.7 Å². The van der Waals surface area contributed by atoms with Crippen LogP contribution in [0.5, 0.6) is 0 Å². The number of ether oxygens (including phenoxy) is 2. The first-order chi connectivity index (χ1) is 10.9. The maximum Gasteiger partial charge on any atom is 0.351 e. The van der Waals surface area contributed by atoms with Crippen molar-refractivity contribution in [2.24, 2.45) is 0 Å². The van der Waals surface area contributed by atoms with Crippen LogP contribution >= 0.6 is 0 Å². The largest absolute Gasteiger partial charge is 0.481 e. The van der Waals surface area contributed by atoms with Crippen LogP contribution in [0.3, 0.4) is 0 Å². The molecule has 1 aromatic heterocycles. The van der Waals surface area contributed by atoms with Crippen LogP contribution in [0.2, 0.25) is 0 Å². The molecule has 1 aromatic rings. The van der Waals surface area contributed by atoms with Crippen molar-refractivity contribution in [1.82, 2.24) is 9.55 Å². The molecule has 2 heterocycles. The Morgan fingerprint density at radius 3 is 2.83 bits per heavy atom. The molecule has 0 aromatic carbocycles. The number of anilines is 1. The number of nitrogens with zero attached hydrogens (tertiary/aromatic N) is 2. The molecule has 0 saturated carbocycles. The number of hydrogen-bond acceptors (Lipinski definition) is 8. The SMILES string of the molecule is Nc1ccn([C@H]2C[C@H](OC(=O)CCC(=O)O)[C@@H](CO)O2)c(=O)n1. The summed E-state index contributed by atoms with van der Waals surface area (Å²) in [6.45, 7) is -0.412. The predicted octanol–water partition coefficient (Wildman–Crippen LogP) is -1.12. The zero-order valence-electron chi connectivity index (χ0n) is 12.1. The van der Waals surface area contributed by atoms with E-state index in [2.05, 4.69) is 4.98 Å². The molecule has 23 heavy (non-hydrogen) atoms. The highest BCUT2D eigenvalue weighted by atomic mass is 16.6. The fourth-order valence-electron chi connectivity index (χ4n) is 2.24. The molecular formula is C13H17N3O7. The number of carboxylic acids is 1. The number of rotatable bonds is 6. The van der Waals surface area contributed by atoms with Gasteiger partial charge in [-0.1, -0.05) is 0 Å². The predicted molar refractivity (Wildman–Crippen MR) is 75.3 cm³/mol. The van der Waals surface area contributed by atoms with Gasteiger partial charge in [0.1, 0.15) is 24.3 Å². The van der Waals surface area contributed by atoms with Crippen LogP contribution in [0.25, 0.3) is 0 Å². The number of carboxylic acid groups (broad SMARTS) is 1. The second kappa shape index (κ2) is 7.20. The molecule has 0 bridgehead atoms. The number of carbonyl (C=O) groups excluding carboxylic acids is 1. The third-order valence-corrected chi connectivity index (χ3v) is 3.35. The summed E-state index contributed by atoms with van der Waals surface area (Å²) in [6, 6.07) is 1.42. The van der Waals surface area contributed by atoms with E-state index >= 15 is 0 Å². The number of aliphatic hydroxyl groups is 1. The maximum absolute atomic E-state index is 11.8. The average Bonchev–Trinajstić information content (AvgIpc) is 2.87. The van der Waals surface area contributed by atoms with Gasteiger partial charge in [-0.25, -0.2) is 4.79 Å². The Morgan fingerprint density at radius 2 is 2.22 bits per heavy atom. The minimum Gasteiger partial charge on any atom is -0.481 e. The van der Waals surface area contributed by atoms with E-state index in [0.29, 0.717) is 0 Å². The lowest BCUT2D eigenvalue weighted by molar-refractivity contribution is -0.155. The number of aliphatic carboxylic acids is 1. The fourth-order valence-corrected chi connectivity index (χ4v) is 2.24. The van der Waals surface area contributed by atoms with Gasteiger partial charge in [0.15, 0.2) is 0 Å². The Morgan fingerprint density at radius 1 is 1.48 bits per heavy atom. The maximum atomic E-state index is 11.8. The van der Waals surface area contributed by atoms with Gasteiger partial charge in [-0.2, -0.15) is 4.98 Å². The van der Waals surface area contributed by atoms with Gasteiger partial charge in [-0.3, -0.25) is 14.2 Å². The van der Waals surface area contributed by atoms with Crippen molar-refractivity contribution in [3.05, 3.63) is 22.7 Å². The van der Waals surface area contributed by atoms with Crippen molar-refractivity contribution in [2.75, 3.05) is 12.3 Å². The first kappa shape index (κ1) is 16.9. The lowest BCUT2D eigenvalue weighted by Crippen LogP contribution is -2.30. The van der Waals surface area contributed by atoms with E-state index in [1.54, 1.807) is 0 Å². The summed E-state index contributed by atoms with van der Waals surface area (Å²) in [5.74, 6) is -1.75. The van der Waals surface area contributed by atoms with Crippen molar-refractivity contribution >= 4 is 17.8 Å². The van der Waals surface area contributed by atoms with Crippen LogP contribution in [0.15, 0.2) is 17.1 Å². The summed E-state index contributed by atoms with van der Waals surface area (Å²) in [5, 5.41) is 17.8. The van der Waals surface area contributed by atoms with E-state index in [1.807, 2.05) is 0 Å². The van der Waals surface area contributed by atoms with Crippen LogP contribution in [-0.2, 0) is 19.1 Å². The number of esters is 1. The molecule has 4 N–H and O–H groups in total. The molecule has 3 atom stereocenters. The van der Waals surface area contributed by atoms with Crippen molar-refractivity contribution in [3.63, 3.8) is 0 Å². The average molecular weight is 327 g/mol. The highest BCUT2D eigenvalue weighted by Crippen LogP contribution is 2.30. The Hall–Kier alpha value is -2.46. The number of nitrogen functional groups attached to an aromatic ring is 1. The Bertz CT molecular complexity index is 645. The molecule has 10 heteroatoms. The van der Waals surface area contributed by atoms with Crippen LogP contribution in [-0.4, -0.2) is 50.5 Å². The highest BCUT2D eigenvalue weighted by molar-refractivity contribution is 5.76.